The lowest BCUT2D eigenvalue weighted by Crippen LogP contribution is -2.55. The van der Waals surface area contributed by atoms with E-state index >= 15 is 0 Å². The molecule has 0 saturated heterocycles. The summed E-state index contributed by atoms with van der Waals surface area (Å²) < 4.78 is 8.92. The van der Waals surface area contributed by atoms with Crippen LogP contribution in [0.15, 0.2) is 24.3 Å². The second-order valence-corrected chi connectivity index (χ2v) is 5.75. The molecule has 12 nitrogen and oxygen atoms in total. The normalized spacial score (nSPS) is 12.5. The van der Waals surface area contributed by atoms with Gasteiger partial charge in [0.2, 0.25) is 11.8 Å². The van der Waals surface area contributed by atoms with Gasteiger partial charge in [-0.15, -0.1) is 0 Å². The van der Waals surface area contributed by atoms with Gasteiger partial charge >= 0.3 is 11.9 Å². The van der Waals surface area contributed by atoms with Crippen LogP contribution in [-0.2, 0) is 38.2 Å². The Kier molecular flexibility index (Phi) is 12.6. The molecule has 4 N–H and O–H groups in total. The molecule has 4 amide bonds. The van der Waals surface area contributed by atoms with E-state index in [1.165, 1.54) is 52.4 Å². The molecule has 0 bridgehead atoms. The molecular formula is C18H26N4O8. The Morgan fingerprint density at radius 2 is 1.03 bits per heavy atom. The summed E-state index contributed by atoms with van der Waals surface area (Å²) in [5.74, 6) is -3.74. The second kappa shape index (κ2) is 14.3. The first-order chi connectivity index (χ1) is 14.1. The minimum Gasteiger partial charge on any atom is -0.469 e. The Morgan fingerprint density at radius 1 is 0.700 bits per heavy atom. The van der Waals surface area contributed by atoms with Crippen molar-refractivity contribution >= 4 is 35.6 Å². The van der Waals surface area contributed by atoms with Crippen molar-refractivity contribution in [3.63, 3.8) is 0 Å². The van der Waals surface area contributed by atoms with Gasteiger partial charge in [0.15, 0.2) is 0 Å². The first-order valence-electron chi connectivity index (χ1n) is 8.71. The van der Waals surface area contributed by atoms with Crippen LogP contribution in [0.5, 0.6) is 0 Å². The summed E-state index contributed by atoms with van der Waals surface area (Å²) in [5, 5.41) is 4.67. The minimum atomic E-state index is -1.18. The topological polar surface area (TPSA) is 169 Å². The van der Waals surface area contributed by atoms with E-state index < -0.39 is 47.7 Å². The molecule has 0 aromatic carbocycles. The molecule has 2 unspecified atom stereocenters. The number of ether oxygens (including phenoxy) is 2. The van der Waals surface area contributed by atoms with Crippen molar-refractivity contribution < 1.29 is 38.2 Å². The van der Waals surface area contributed by atoms with Gasteiger partial charge in [-0.05, 0) is 0 Å². The Labute approximate surface area is 173 Å². The molecule has 2 atom stereocenters. The van der Waals surface area contributed by atoms with Crippen molar-refractivity contribution in [3.8, 4) is 0 Å². The maximum absolute atomic E-state index is 12.2. The highest BCUT2D eigenvalue weighted by atomic mass is 16.5. The molecule has 166 valence electrons. The Balaban J connectivity index is 5.02. The maximum Gasteiger partial charge on any atom is 0.309 e. The SMILES string of the molecule is COC(=O)C/C=C/C(NC(C)=O)C(=O)NNC(=O)C(/C=C/CC(=O)OC)NC(C)=O. The van der Waals surface area contributed by atoms with Crippen LogP contribution in [0.2, 0.25) is 0 Å². The van der Waals surface area contributed by atoms with Crippen LogP contribution in [0.1, 0.15) is 26.7 Å². The van der Waals surface area contributed by atoms with Crippen molar-refractivity contribution in [1.29, 1.82) is 0 Å². The summed E-state index contributed by atoms with van der Waals surface area (Å²) in [6.45, 7) is 2.37. The number of rotatable bonds is 10. The predicted octanol–water partition coefficient (Wildman–Crippen LogP) is -1.62. The summed E-state index contributed by atoms with van der Waals surface area (Å²) in [5.41, 5.74) is 4.21. The smallest absolute Gasteiger partial charge is 0.309 e. The lowest BCUT2D eigenvalue weighted by Gasteiger charge is -2.17. The zero-order chi connectivity index (χ0) is 23.1. The van der Waals surface area contributed by atoms with Crippen molar-refractivity contribution in [3.05, 3.63) is 24.3 Å². The molecule has 0 aliphatic carbocycles. The monoisotopic (exact) mass is 426 g/mol. The van der Waals surface area contributed by atoms with Gasteiger partial charge < -0.3 is 20.1 Å². The van der Waals surface area contributed by atoms with Crippen LogP contribution in [0.25, 0.3) is 0 Å². The second-order valence-electron chi connectivity index (χ2n) is 5.75. The van der Waals surface area contributed by atoms with Gasteiger partial charge in [0, 0.05) is 13.8 Å². The number of hydrazine groups is 1. The van der Waals surface area contributed by atoms with E-state index in [9.17, 15) is 28.8 Å². The molecule has 0 radical (unpaired) electrons. The third-order valence-corrected chi connectivity index (χ3v) is 3.27. The standard InChI is InChI=1S/C18H26N4O8/c1-11(23)19-13(7-5-9-15(25)29-3)17(27)21-22-18(28)14(20-12(2)24)8-6-10-16(26)30-4/h5-8,13-14H,9-10H2,1-4H3,(H,19,23)(H,20,24)(H,21,27)(H,22,28)/b7-5+,8-6+. The number of hydrogen-bond acceptors (Lipinski definition) is 8. The molecule has 0 aliphatic rings. The van der Waals surface area contributed by atoms with Crippen molar-refractivity contribution in [2.45, 2.75) is 38.8 Å². The molecule has 0 spiro atoms. The number of methoxy groups -OCH3 is 2. The first-order valence-corrected chi connectivity index (χ1v) is 8.71. The van der Waals surface area contributed by atoms with Crippen LogP contribution in [0.4, 0.5) is 0 Å². The molecule has 12 heteroatoms. The molecule has 30 heavy (non-hydrogen) atoms. The number of hydrogen-bond donors (Lipinski definition) is 4. The Morgan fingerprint density at radius 3 is 1.30 bits per heavy atom. The lowest BCUT2D eigenvalue weighted by molar-refractivity contribution is -0.140. The first kappa shape index (κ1) is 26.3. The van der Waals surface area contributed by atoms with Crippen LogP contribution in [0.3, 0.4) is 0 Å². The van der Waals surface area contributed by atoms with E-state index in [4.69, 9.17) is 0 Å². The lowest BCUT2D eigenvalue weighted by atomic mass is 10.2. The molecule has 0 heterocycles. The fraction of sp³-hybridized carbons (Fsp3) is 0.444. The fourth-order valence-corrected chi connectivity index (χ4v) is 1.89. The van der Waals surface area contributed by atoms with Gasteiger partial charge in [-0.3, -0.25) is 39.6 Å². The minimum absolute atomic E-state index is 0.123. The van der Waals surface area contributed by atoms with Crippen molar-refractivity contribution in [2.24, 2.45) is 0 Å². The number of carbonyl (C=O) groups excluding carboxylic acids is 6. The van der Waals surface area contributed by atoms with E-state index in [1.54, 1.807) is 0 Å². The molecule has 0 aromatic rings. The van der Waals surface area contributed by atoms with E-state index in [2.05, 4.69) is 31.0 Å². The van der Waals surface area contributed by atoms with Crippen molar-refractivity contribution in [2.75, 3.05) is 14.2 Å². The van der Waals surface area contributed by atoms with Gasteiger partial charge in [-0.2, -0.15) is 0 Å². The third kappa shape index (κ3) is 11.9. The molecule has 0 aliphatic heterocycles. The van der Waals surface area contributed by atoms with Gasteiger partial charge in [0.05, 0.1) is 27.1 Å². The van der Waals surface area contributed by atoms with Crippen LogP contribution in [0, 0.1) is 0 Å². The number of esters is 2. The largest absolute Gasteiger partial charge is 0.469 e. The molecule has 0 rings (SSSR count). The van der Waals surface area contributed by atoms with Gasteiger partial charge in [0.1, 0.15) is 12.1 Å². The summed E-state index contributed by atoms with van der Waals surface area (Å²) in [6.07, 6.45) is 4.90. The van der Waals surface area contributed by atoms with Gasteiger partial charge in [-0.25, -0.2) is 0 Å². The van der Waals surface area contributed by atoms with E-state index in [0.717, 1.165) is 0 Å². The van der Waals surface area contributed by atoms with E-state index in [0.29, 0.717) is 0 Å². The van der Waals surface area contributed by atoms with E-state index in [1.807, 2.05) is 0 Å². The molecular weight excluding hydrogens is 400 g/mol. The van der Waals surface area contributed by atoms with E-state index in [-0.39, 0.29) is 12.8 Å². The zero-order valence-corrected chi connectivity index (χ0v) is 17.1. The van der Waals surface area contributed by atoms with Crippen LogP contribution >= 0.6 is 0 Å². The third-order valence-electron chi connectivity index (χ3n) is 3.27. The summed E-state index contributed by atoms with van der Waals surface area (Å²) >= 11 is 0. The Bertz CT molecular complexity index is 657. The van der Waals surface area contributed by atoms with Crippen LogP contribution < -0.4 is 21.5 Å². The van der Waals surface area contributed by atoms with Gasteiger partial charge in [-0.1, -0.05) is 24.3 Å². The molecule has 0 aromatic heterocycles. The molecule has 0 fully saturated rings. The number of nitrogens with one attached hydrogen (secondary N) is 4. The number of amides is 4. The van der Waals surface area contributed by atoms with Crippen molar-refractivity contribution in [1.82, 2.24) is 21.5 Å². The number of carbonyl (C=O) groups is 6. The quantitative estimate of drug-likeness (QED) is 0.184. The summed E-state index contributed by atoms with van der Waals surface area (Å²) in [6, 6.07) is -2.36. The maximum atomic E-state index is 12.2. The average molecular weight is 426 g/mol. The average Bonchev–Trinajstić information content (AvgIpc) is 2.69. The fourth-order valence-electron chi connectivity index (χ4n) is 1.89. The predicted molar refractivity (Wildman–Crippen MR) is 103 cm³/mol. The highest BCUT2D eigenvalue weighted by Crippen LogP contribution is 1.95. The Hall–Kier alpha value is -3.70. The van der Waals surface area contributed by atoms with Gasteiger partial charge in [0.25, 0.3) is 11.8 Å². The summed E-state index contributed by atoms with van der Waals surface area (Å²) in [4.78, 5) is 69.3. The van der Waals surface area contributed by atoms with Crippen LogP contribution in [-0.4, -0.2) is 61.9 Å². The molecule has 0 saturated carbocycles. The zero-order valence-electron chi connectivity index (χ0n) is 17.1. The highest BCUT2D eigenvalue weighted by Gasteiger charge is 2.20. The summed E-state index contributed by atoms with van der Waals surface area (Å²) in [7, 11) is 2.41. The highest BCUT2D eigenvalue weighted by molar-refractivity contribution is 5.93.